The van der Waals surface area contributed by atoms with Gasteiger partial charge in [-0.15, -0.1) is 0 Å². The van der Waals surface area contributed by atoms with Gasteiger partial charge in [-0.1, -0.05) is 12.1 Å². The Morgan fingerprint density at radius 3 is 2.82 bits per heavy atom. The number of aromatic nitrogens is 3. The Hall–Kier alpha value is -3.28. The van der Waals surface area contributed by atoms with E-state index in [1.807, 2.05) is 24.3 Å². The predicted molar refractivity (Wildman–Crippen MR) is 130 cm³/mol. The van der Waals surface area contributed by atoms with E-state index in [4.69, 9.17) is 24.4 Å². The van der Waals surface area contributed by atoms with Crippen LogP contribution in [-0.4, -0.2) is 66.0 Å². The lowest BCUT2D eigenvalue weighted by atomic mass is 10.1. The number of anilines is 2. The van der Waals surface area contributed by atoms with Crippen LogP contribution >= 0.6 is 0 Å². The molecule has 8 heteroatoms. The normalized spacial score (nSPS) is 24.8. The number of pyridine rings is 1. The first-order valence-electron chi connectivity index (χ1n) is 12.1. The number of hydrogen-bond donors (Lipinski definition) is 0. The first kappa shape index (κ1) is 21.3. The molecule has 8 nitrogen and oxygen atoms in total. The van der Waals surface area contributed by atoms with Crippen molar-refractivity contribution in [2.45, 2.75) is 44.4 Å². The zero-order valence-electron chi connectivity index (χ0n) is 19.4. The molecule has 1 saturated carbocycles. The van der Waals surface area contributed by atoms with E-state index in [9.17, 15) is 5.26 Å². The summed E-state index contributed by atoms with van der Waals surface area (Å²) in [7, 11) is 0. The third kappa shape index (κ3) is 3.75. The van der Waals surface area contributed by atoms with Crippen LogP contribution in [0.1, 0.15) is 31.7 Å². The highest BCUT2D eigenvalue weighted by molar-refractivity contribution is 5.90. The lowest BCUT2D eigenvalue weighted by Gasteiger charge is -2.39. The Morgan fingerprint density at radius 2 is 1.94 bits per heavy atom. The highest BCUT2D eigenvalue weighted by Crippen LogP contribution is 2.35. The maximum Gasteiger partial charge on any atom is 0.229 e. The van der Waals surface area contributed by atoms with Gasteiger partial charge in [0, 0.05) is 18.7 Å². The zero-order valence-corrected chi connectivity index (χ0v) is 19.4. The van der Waals surface area contributed by atoms with Gasteiger partial charge in [-0.05, 0) is 50.5 Å². The quantitative estimate of drug-likeness (QED) is 0.591. The smallest absolute Gasteiger partial charge is 0.229 e. The molecule has 1 aromatic carbocycles. The number of rotatable bonds is 3. The van der Waals surface area contributed by atoms with E-state index in [2.05, 4.69) is 28.9 Å². The van der Waals surface area contributed by atoms with Crippen LogP contribution < -0.4 is 9.80 Å². The van der Waals surface area contributed by atoms with Gasteiger partial charge in [0.2, 0.25) is 5.95 Å². The fourth-order valence-corrected chi connectivity index (χ4v) is 5.45. The van der Waals surface area contributed by atoms with Gasteiger partial charge in [0.1, 0.15) is 5.82 Å². The maximum absolute atomic E-state index is 9.32. The number of nitriles is 1. The van der Waals surface area contributed by atoms with Crippen molar-refractivity contribution in [2.24, 2.45) is 0 Å². The van der Waals surface area contributed by atoms with Gasteiger partial charge in [0.05, 0.1) is 60.7 Å². The van der Waals surface area contributed by atoms with Crippen molar-refractivity contribution in [1.29, 1.82) is 5.26 Å². The van der Waals surface area contributed by atoms with Crippen molar-refractivity contribution in [3.05, 3.63) is 42.0 Å². The van der Waals surface area contributed by atoms with E-state index in [0.29, 0.717) is 37.1 Å². The summed E-state index contributed by atoms with van der Waals surface area (Å²) >= 11 is 0. The molecule has 3 aromatic rings. The third-order valence-electron chi connectivity index (χ3n) is 7.19. The Morgan fingerprint density at radius 1 is 1.03 bits per heavy atom. The summed E-state index contributed by atoms with van der Waals surface area (Å²) in [6.07, 6.45) is 3.63. The van der Waals surface area contributed by atoms with Gasteiger partial charge in [-0.2, -0.15) is 15.2 Å². The molecule has 0 radical (unpaired) electrons. The molecule has 2 aliphatic heterocycles. The van der Waals surface area contributed by atoms with Gasteiger partial charge >= 0.3 is 0 Å². The third-order valence-corrected chi connectivity index (χ3v) is 7.19. The van der Waals surface area contributed by atoms with Crippen LogP contribution in [0.5, 0.6) is 0 Å². The molecule has 0 bridgehead atoms. The predicted octanol–water partition coefficient (Wildman–Crippen LogP) is 3.55. The second-order valence-electron chi connectivity index (χ2n) is 9.33. The number of benzene rings is 1. The lowest BCUT2D eigenvalue weighted by molar-refractivity contribution is 0.0250. The molecular formula is C26H28N6O2. The molecule has 0 amide bonds. The van der Waals surface area contributed by atoms with E-state index < -0.39 is 0 Å². The van der Waals surface area contributed by atoms with Gasteiger partial charge in [-0.25, -0.2) is 4.98 Å². The van der Waals surface area contributed by atoms with E-state index in [1.165, 1.54) is 6.42 Å². The van der Waals surface area contributed by atoms with Crippen LogP contribution in [-0.2, 0) is 9.47 Å². The minimum Gasteiger partial charge on any atom is -0.377 e. The van der Waals surface area contributed by atoms with E-state index in [0.717, 1.165) is 54.3 Å². The standard InChI is InChI=1S/C26H28N6O2/c1-17-16-33-12-10-31(17)25-20-8-9-21(19-5-2-4-18(14-19)15-27)28-24(20)29-26(30-25)32-11-13-34-23-7-3-6-22(23)32/h2,4-5,8-9,14,17,22-23H,3,6-7,10-13,16H2,1H3/t17-,22-,23+/m0/s1. The summed E-state index contributed by atoms with van der Waals surface area (Å²) in [6.45, 7) is 5.79. The summed E-state index contributed by atoms with van der Waals surface area (Å²) in [5.41, 5.74) is 3.01. The second kappa shape index (κ2) is 8.82. The molecule has 0 spiro atoms. The lowest BCUT2D eigenvalue weighted by Crippen LogP contribution is -2.49. The molecule has 1 aliphatic carbocycles. The molecule has 174 valence electrons. The van der Waals surface area contributed by atoms with Crippen LogP contribution in [0.4, 0.5) is 11.8 Å². The van der Waals surface area contributed by atoms with Gasteiger partial charge < -0.3 is 19.3 Å². The van der Waals surface area contributed by atoms with Crippen LogP contribution in [0.3, 0.4) is 0 Å². The largest absolute Gasteiger partial charge is 0.377 e. The molecular weight excluding hydrogens is 428 g/mol. The minimum atomic E-state index is 0.218. The zero-order chi connectivity index (χ0) is 23.1. The molecule has 6 rings (SSSR count). The fourth-order valence-electron chi connectivity index (χ4n) is 5.45. The van der Waals surface area contributed by atoms with Gasteiger partial charge in [-0.3, -0.25) is 0 Å². The monoisotopic (exact) mass is 456 g/mol. The van der Waals surface area contributed by atoms with Crippen LogP contribution in [0.15, 0.2) is 36.4 Å². The second-order valence-corrected chi connectivity index (χ2v) is 9.33. The molecule has 0 N–H and O–H groups in total. The van der Waals surface area contributed by atoms with Crippen molar-refractivity contribution in [3.8, 4) is 17.3 Å². The van der Waals surface area contributed by atoms with E-state index in [-0.39, 0.29) is 12.1 Å². The molecule has 0 unspecified atom stereocenters. The van der Waals surface area contributed by atoms with Crippen molar-refractivity contribution in [3.63, 3.8) is 0 Å². The van der Waals surface area contributed by atoms with Crippen LogP contribution in [0, 0.1) is 11.3 Å². The van der Waals surface area contributed by atoms with Crippen molar-refractivity contribution in [1.82, 2.24) is 15.0 Å². The minimum absolute atomic E-state index is 0.218. The first-order chi connectivity index (χ1) is 16.7. The molecule has 3 atom stereocenters. The molecule has 3 aliphatic rings. The van der Waals surface area contributed by atoms with Crippen molar-refractivity contribution in [2.75, 3.05) is 42.7 Å². The molecule has 34 heavy (non-hydrogen) atoms. The van der Waals surface area contributed by atoms with Crippen molar-refractivity contribution >= 4 is 22.8 Å². The summed E-state index contributed by atoms with van der Waals surface area (Å²) in [5.74, 6) is 1.65. The summed E-state index contributed by atoms with van der Waals surface area (Å²) in [4.78, 5) is 19.7. The molecule has 2 saturated heterocycles. The molecule has 3 fully saturated rings. The Bertz CT molecular complexity index is 1260. The number of ether oxygens (including phenoxy) is 2. The number of nitrogens with zero attached hydrogens (tertiary/aromatic N) is 6. The summed E-state index contributed by atoms with van der Waals surface area (Å²) < 4.78 is 11.7. The highest BCUT2D eigenvalue weighted by Gasteiger charge is 2.38. The highest BCUT2D eigenvalue weighted by atomic mass is 16.5. The van der Waals surface area contributed by atoms with Gasteiger partial charge in [0.15, 0.2) is 5.65 Å². The number of fused-ring (bicyclic) bond motifs is 2. The Kier molecular flexibility index (Phi) is 5.52. The van der Waals surface area contributed by atoms with E-state index >= 15 is 0 Å². The topological polar surface area (TPSA) is 87.4 Å². The van der Waals surface area contributed by atoms with Crippen LogP contribution in [0.25, 0.3) is 22.3 Å². The maximum atomic E-state index is 9.32. The SMILES string of the molecule is C[C@H]1COCCN1c1nc(N2CCO[C@@H]3CCC[C@@H]32)nc2nc(-c3cccc(C#N)c3)ccc12. The summed E-state index contributed by atoms with van der Waals surface area (Å²) in [5, 5.41) is 10.3. The summed E-state index contributed by atoms with van der Waals surface area (Å²) in [6, 6.07) is 14.4. The Balaban J connectivity index is 1.49. The molecule has 4 heterocycles. The average Bonchev–Trinajstić information content (AvgIpc) is 3.37. The average molecular weight is 457 g/mol. The van der Waals surface area contributed by atoms with Gasteiger partial charge in [0.25, 0.3) is 0 Å². The molecule has 2 aromatic heterocycles. The van der Waals surface area contributed by atoms with Crippen LogP contribution in [0.2, 0.25) is 0 Å². The fraction of sp³-hybridized carbons (Fsp3) is 0.462. The van der Waals surface area contributed by atoms with Crippen molar-refractivity contribution < 1.29 is 9.47 Å². The van der Waals surface area contributed by atoms with E-state index in [1.54, 1.807) is 6.07 Å². The Labute approximate surface area is 199 Å². The first-order valence-corrected chi connectivity index (χ1v) is 12.1. The number of morpholine rings is 2. The number of hydrogen-bond acceptors (Lipinski definition) is 8.